The molecule has 1 unspecified atom stereocenters. The summed E-state index contributed by atoms with van der Waals surface area (Å²) in [5.41, 5.74) is 2.90. The van der Waals surface area contributed by atoms with Gasteiger partial charge in [-0.1, -0.05) is 42.5 Å². The molecule has 0 bridgehead atoms. The molecule has 3 aromatic rings. The number of anilines is 1. The van der Waals surface area contributed by atoms with Crippen LogP contribution in [0.25, 0.3) is 0 Å². The minimum atomic E-state index is -3.51. The molecule has 6 nitrogen and oxygen atoms in total. The van der Waals surface area contributed by atoms with Crippen molar-refractivity contribution in [2.75, 3.05) is 4.90 Å². The van der Waals surface area contributed by atoms with E-state index in [9.17, 15) is 18.0 Å². The highest BCUT2D eigenvalue weighted by Crippen LogP contribution is 2.31. The topological polar surface area (TPSA) is 80.8 Å². The van der Waals surface area contributed by atoms with Crippen molar-refractivity contribution >= 4 is 27.4 Å². The second-order valence-corrected chi connectivity index (χ2v) is 11.8. The fourth-order valence-electron chi connectivity index (χ4n) is 4.05. The minimum absolute atomic E-state index is 0.172. The summed E-state index contributed by atoms with van der Waals surface area (Å²) in [7, 11) is -3.51. The fraction of sp³-hybridized carbons (Fsp3) is 0.286. The number of nitrogens with zero attached hydrogens (tertiary/aromatic N) is 1. The van der Waals surface area contributed by atoms with Gasteiger partial charge in [-0.2, -0.15) is 0 Å². The van der Waals surface area contributed by atoms with Crippen LogP contribution >= 0.6 is 0 Å². The molecule has 0 aromatic heterocycles. The second-order valence-electron chi connectivity index (χ2n) is 9.80. The second kappa shape index (κ2) is 9.30. The Kier molecular flexibility index (Phi) is 6.56. The highest BCUT2D eigenvalue weighted by Gasteiger charge is 2.30. The maximum Gasteiger partial charge on any atom is 0.313 e. The molecule has 1 atom stereocenters. The van der Waals surface area contributed by atoms with Crippen molar-refractivity contribution in [1.29, 1.82) is 0 Å². The molecule has 7 heteroatoms. The van der Waals surface area contributed by atoms with Crippen LogP contribution in [0.1, 0.15) is 60.7 Å². The zero-order valence-corrected chi connectivity index (χ0v) is 21.1. The number of hydrogen-bond acceptors (Lipinski definition) is 5. The van der Waals surface area contributed by atoms with Gasteiger partial charge in [-0.05, 0) is 74.7 Å². The molecule has 1 amide bonds. The number of ether oxygens (including phenoxy) is 1. The molecular formula is C28H29NO5S. The van der Waals surface area contributed by atoms with E-state index in [2.05, 4.69) is 0 Å². The number of hydrogen-bond donors (Lipinski definition) is 0. The third-order valence-electron chi connectivity index (χ3n) is 5.90. The lowest BCUT2D eigenvalue weighted by Crippen LogP contribution is -2.27. The van der Waals surface area contributed by atoms with Crippen molar-refractivity contribution in [3.63, 3.8) is 0 Å². The van der Waals surface area contributed by atoms with E-state index in [0.717, 1.165) is 11.1 Å². The summed E-state index contributed by atoms with van der Waals surface area (Å²) in [5, 5.41) is 0. The van der Waals surface area contributed by atoms with Crippen LogP contribution in [0.15, 0.2) is 77.7 Å². The van der Waals surface area contributed by atoms with E-state index in [-0.39, 0.29) is 22.5 Å². The largest absolute Gasteiger partial charge is 0.460 e. The average Bonchev–Trinajstić information content (AvgIpc) is 3.14. The lowest BCUT2D eigenvalue weighted by atomic mass is 10.0. The summed E-state index contributed by atoms with van der Waals surface area (Å²) >= 11 is 0. The molecule has 1 aliphatic rings. The molecule has 0 spiro atoms. The first-order valence-corrected chi connectivity index (χ1v) is 13.1. The number of rotatable bonds is 6. The normalized spacial score (nSPS) is 14.5. The predicted octanol–water partition coefficient (Wildman–Crippen LogP) is 5.27. The first-order chi connectivity index (χ1) is 16.4. The molecule has 0 saturated heterocycles. The van der Waals surface area contributed by atoms with Gasteiger partial charge in [-0.15, -0.1) is 0 Å². The van der Waals surface area contributed by atoms with E-state index in [0.29, 0.717) is 23.4 Å². The number of benzene rings is 3. The van der Waals surface area contributed by atoms with Gasteiger partial charge in [0, 0.05) is 11.3 Å². The molecule has 182 valence electrons. The number of esters is 1. The van der Waals surface area contributed by atoms with Crippen molar-refractivity contribution < 1.29 is 22.7 Å². The first-order valence-electron chi connectivity index (χ1n) is 11.5. The Bertz CT molecular complexity index is 1360. The zero-order valence-electron chi connectivity index (χ0n) is 20.3. The highest BCUT2D eigenvalue weighted by molar-refractivity contribution is 7.90. The number of amides is 1. The van der Waals surface area contributed by atoms with Crippen LogP contribution in [0.2, 0.25) is 0 Å². The maximum atomic E-state index is 13.2. The molecule has 1 heterocycles. The zero-order chi connectivity index (χ0) is 25.4. The van der Waals surface area contributed by atoms with Crippen molar-refractivity contribution in [1.82, 2.24) is 0 Å². The number of sulfone groups is 1. The van der Waals surface area contributed by atoms with Crippen LogP contribution in [-0.2, 0) is 31.7 Å². The lowest BCUT2D eigenvalue weighted by Gasteiger charge is -2.23. The smallest absolute Gasteiger partial charge is 0.313 e. The van der Waals surface area contributed by atoms with Crippen molar-refractivity contribution in [2.45, 2.75) is 56.4 Å². The van der Waals surface area contributed by atoms with E-state index >= 15 is 0 Å². The highest BCUT2D eigenvalue weighted by atomic mass is 32.2. The van der Waals surface area contributed by atoms with Gasteiger partial charge in [-0.3, -0.25) is 9.59 Å². The van der Waals surface area contributed by atoms with Crippen LogP contribution in [0.5, 0.6) is 0 Å². The van der Waals surface area contributed by atoms with E-state index in [1.54, 1.807) is 54.3 Å². The number of carbonyl (C=O) groups excluding carboxylic acids is 2. The third-order valence-corrected chi connectivity index (χ3v) is 7.61. The minimum Gasteiger partial charge on any atom is -0.460 e. The summed E-state index contributed by atoms with van der Waals surface area (Å²) in [4.78, 5) is 27.5. The molecule has 35 heavy (non-hydrogen) atoms. The van der Waals surface area contributed by atoms with Gasteiger partial charge in [-0.25, -0.2) is 8.42 Å². The Morgan fingerprint density at radius 2 is 1.66 bits per heavy atom. The van der Waals surface area contributed by atoms with Gasteiger partial charge in [0.2, 0.25) is 0 Å². The summed E-state index contributed by atoms with van der Waals surface area (Å²) in [5.74, 6) is -1.07. The molecule has 3 aromatic carbocycles. The molecule has 0 saturated carbocycles. The van der Waals surface area contributed by atoms with Crippen LogP contribution in [0, 0.1) is 0 Å². The Labute approximate surface area is 206 Å². The fourth-order valence-corrected chi connectivity index (χ4v) is 5.40. The van der Waals surface area contributed by atoms with Gasteiger partial charge < -0.3 is 9.64 Å². The van der Waals surface area contributed by atoms with E-state index in [4.69, 9.17) is 4.74 Å². The van der Waals surface area contributed by atoms with Crippen LogP contribution in [-0.4, -0.2) is 25.9 Å². The van der Waals surface area contributed by atoms with E-state index < -0.39 is 21.4 Å². The quantitative estimate of drug-likeness (QED) is 0.439. The predicted molar refractivity (Wildman–Crippen MR) is 135 cm³/mol. The molecule has 0 radical (unpaired) electrons. The van der Waals surface area contributed by atoms with E-state index in [1.807, 2.05) is 51.1 Å². The van der Waals surface area contributed by atoms with Gasteiger partial charge in [0.05, 0.1) is 23.1 Å². The van der Waals surface area contributed by atoms with Crippen molar-refractivity contribution in [3.8, 4) is 0 Å². The summed E-state index contributed by atoms with van der Waals surface area (Å²) in [6.45, 7) is 7.70. The van der Waals surface area contributed by atoms with Crippen molar-refractivity contribution in [2.24, 2.45) is 0 Å². The van der Waals surface area contributed by atoms with Crippen molar-refractivity contribution in [3.05, 3.63) is 95.1 Å². The number of fused-ring (bicyclic) bond motifs is 1. The number of carbonyl (C=O) groups is 2. The SMILES string of the molecule is CC(C(=O)OC(C)(C)C)c1ccc(N2Cc3ccc(CS(=O)(=O)c4ccccc4)cc3C2=O)cc1. The molecule has 0 fully saturated rings. The summed E-state index contributed by atoms with van der Waals surface area (Å²) < 4.78 is 31.0. The van der Waals surface area contributed by atoms with E-state index in [1.165, 1.54) is 0 Å². The maximum absolute atomic E-state index is 13.2. The van der Waals surface area contributed by atoms with Gasteiger partial charge in [0.1, 0.15) is 5.60 Å². The van der Waals surface area contributed by atoms with Crippen LogP contribution in [0.3, 0.4) is 0 Å². The van der Waals surface area contributed by atoms with Crippen LogP contribution < -0.4 is 4.90 Å². The van der Waals surface area contributed by atoms with Gasteiger partial charge >= 0.3 is 5.97 Å². The third kappa shape index (κ3) is 5.46. The van der Waals surface area contributed by atoms with Crippen LogP contribution in [0.4, 0.5) is 5.69 Å². The molecule has 1 aliphatic heterocycles. The first kappa shape index (κ1) is 24.7. The Morgan fingerprint density at radius 3 is 2.29 bits per heavy atom. The monoisotopic (exact) mass is 491 g/mol. The molecule has 4 rings (SSSR count). The molecular weight excluding hydrogens is 462 g/mol. The molecule has 0 aliphatic carbocycles. The lowest BCUT2D eigenvalue weighted by molar-refractivity contribution is -0.156. The molecule has 0 N–H and O–H groups in total. The Hall–Kier alpha value is -3.45. The Morgan fingerprint density at radius 1 is 1.00 bits per heavy atom. The average molecular weight is 492 g/mol. The summed E-state index contributed by atoms with van der Waals surface area (Å²) in [6.07, 6.45) is 0. The van der Waals surface area contributed by atoms with Gasteiger partial charge in [0.25, 0.3) is 5.91 Å². The standard InChI is InChI=1S/C28H29NO5S/c1-19(27(31)34-28(2,3)4)21-12-14-23(15-13-21)29-17-22-11-10-20(16-25(22)26(29)30)18-35(32,33)24-8-6-5-7-9-24/h5-16,19H,17-18H2,1-4H3. The Balaban J connectivity index is 1.50. The summed E-state index contributed by atoms with van der Waals surface area (Å²) in [6, 6.07) is 20.9. The van der Waals surface area contributed by atoms with Gasteiger partial charge in [0.15, 0.2) is 9.84 Å².